The van der Waals surface area contributed by atoms with E-state index in [4.69, 9.17) is 0 Å². The van der Waals surface area contributed by atoms with Gasteiger partial charge in [0.05, 0.1) is 0 Å². The lowest BCUT2D eigenvalue weighted by molar-refractivity contribution is 0.611. The van der Waals surface area contributed by atoms with Crippen LogP contribution in [0.4, 0.5) is 0 Å². The fourth-order valence-corrected chi connectivity index (χ4v) is 1.32. The largest absolute Gasteiger partial charge is 0.0859 e. The van der Waals surface area contributed by atoms with E-state index in [1.54, 1.807) is 0 Å². The van der Waals surface area contributed by atoms with Gasteiger partial charge in [0.1, 0.15) is 0 Å². The molecule has 0 N–H and O–H groups in total. The SMILES string of the molecule is CCCCCCCCC=C(C)C. The summed E-state index contributed by atoms with van der Waals surface area (Å²) in [5.41, 5.74) is 1.46. The van der Waals surface area contributed by atoms with Crippen molar-refractivity contribution in [2.75, 3.05) is 0 Å². The Bertz CT molecular complexity index is 107. The molecule has 0 heterocycles. The van der Waals surface area contributed by atoms with Crippen molar-refractivity contribution >= 4 is 0 Å². The lowest BCUT2D eigenvalue weighted by atomic mass is 10.1. The fraction of sp³-hybridized carbons (Fsp3) is 0.833. The van der Waals surface area contributed by atoms with Crippen molar-refractivity contribution in [2.45, 2.75) is 65.7 Å². The third-order valence-electron chi connectivity index (χ3n) is 2.11. The van der Waals surface area contributed by atoms with Crippen LogP contribution in [-0.4, -0.2) is 0 Å². The average molecular weight is 168 g/mol. The van der Waals surface area contributed by atoms with Crippen molar-refractivity contribution in [3.63, 3.8) is 0 Å². The summed E-state index contributed by atoms with van der Waals surface area (Å²) in [6, 6.07) is 0. The third-order valence-corrected chi connectivity index (χ3v) is 2.11. The van der Waals surface area contributed by atoms with Crippen LogP contribution in [0.15, 0.2) is 11.6 Å². The van der Waals surface area contributed by atoms with Crippen LogP contribution in [0.1, 0.15) is 65.7 Å². The van der Waals surface area contributed by atoms with E-state index in [0.29, 0.717) is 0 Å². The summed E-state index contributed by atoms with van der Waals surface area (Å²) < 4.78 is 0. The molecule has 0 unspecified atom stereocenters. The van der Waals surface area contributed by atoms with Crippen LogP contribution >= 0.6 is 0 Å². The molecule has 0 aliphatic rings. The summed E-state index contributed by atoms with van der Waals surface area (Å²) in [6.45, 7) is 6.62. The molecule has 0 saturated carbocycles. The van der Waals surface area contributed by atoms with Crippen LogP contribution in [-0.2, 0) is 0 Å². The molecule has 0 nitrogen and oxygen atoms in total. The van der Waals surface area contributed by atoms with E-state index in [0.717, 1.165) is 0 Å². The number of unbranched alkanes of at least 4 members (excludes halogenated alkanes) is 6. The van der Waals surface area contributed by atoms with E-state index < -0.39 is 0 Å². The molecule has 0 aliphatic heterocycles. The molecule has 0 saturated heterocycles. The Labute approximate surface area is 78.1 Å². The fourth-order valence-electron chi connectivity index (χ4n) is 1.32. The van der Waals surface area contributed by atoms with Crippen LogP contribution < -0.4 is 0 Å². The summed E-state index contributed by atoms with van der Waals surface area (Å²) in [7, 11) is 0. The van der Waals surface area contributed by atoms with Gasteiger partial charge in [-0.1, -0.05) is 50.7 Å². The van der Waals surface area contributed by atoms with Gasteiger partial charge in [0.25, 0.3) is 0 Å². The van der Waals surface area contributed by atoms with Gasteiger partial charge in [0.15, 0.2) is 0 Å². The van der Waals surface area contributed by atoms with Crippen molar-refractivity contribution in [3.05, 3.63) is 11.6 Å². The molecule has 0 amide bonds. The topological polar surface area (TPSA) is 0 Å². The van der Waals surface area contributed by atoms with E-state index in [2.05, 4.69) is 26.8 Å². The van der Waals surface area contributed by atoms with Gasteiger partial charge in [0.2, 0.25) is 0 Å². The second-order valence-electron chi connectivity index (χ2n) is 3.84. The highest BCUT2D eigenvalue weighted by Gasteiger charge is 1.88. The molecule has 0 atom stereocenters. The minimum atomic E-state index is 1.29. The molecule has 0 aromatic rings. The number of rotatable bonds is 7. The van der Waals surface area contributed by atoms with Gasteiger partial charge in [-0.25, -0.2) is 0 Å². The molecular weight excluding hydrogens is 144 g/mol. The van der Waals surface area contributed by atoms with Crippen molar-refractivity contribution in [3.8, 4) is 0 Å². The van der Waals surface area contributed by atoms with Crippen molar-refractivity contribution in [1.82, 2.24) is 0 Å². The first-order chi connectivity index (χ1) is 5.77. The normalized spacial score (nSPS) is 9.92. The molecule has 0 rings (SSSR count). The Morgan fingerprint density at radius 1 is 0.917 bits per heavy atom. The molecule has 72 valence electrons. The molecule has 0 aromatic carbocycles. The molecular formula is C12H24. The van der Waals surface area contributed by atoms with Gasteiger partial charge >= 0.3 is 0 Å². The van der Waals surface area contributed by atoms with Gasteiger partial charge in [-0.05, 0) is 26.7 Å². The molecule has 0 aromatic heterocycles. The van der Waals surface area contributed by atoms with Crippen LogP contribution in [0, 0.1) is 0 Å². The first kappa shape index (κ1) is 11.7. The Hall–Kier alpha value is -0.260. The molecule has 0 fully saturated rings. The first-order valence-electron chi connectivity index (χ1n) is 5.40. The second-order valence-corrected chi connectivity index (χ2v) is 3.84. The summed E-state index contributed by atoms with van der Waals surface area (Å²) in [6.07, 6.45) is 12.1. The van der Waals surface area contributed by atoms with E-state index in [-0.39, 0.29) is 0 Å². The van der Waals surface area contributed by atoms with E-state index in [1.165, 1.54) is 50.5 Å². The highest BCUT2D eigenvalue weighted by molar-refractivity contribution is 4.92. The van der Waals surface area contributed by atoms with Gasteiger partial charge in [0, 0.05) is 0 Å². The standard InChI is InChI=1S/C12H24/c1-4-5-6-7-8-9-10-11-12(2)3/h11H,4-10H2,1-3H3. The quantitative estimate of drug-likeness (QED) is 0.382. The van der Waals surface area contributed by atoms with Crippen molar-refractivity contribution < 1.29 is 0 Å². The Morgan fingerprint density at radius 3 is 2.08 bits per heavy atom. The maximum absolute atomic E-state index is 2.35. The molecule has 0 spiro atoms. The highest BCUT2D eigenvalue weighted by atomic mass is 13.9. The van der Waals surface area contributed by atoms with E-state index in [1.807, 2.05) is 0 Å². The lowest BCUT2D eigenvalue weighted by Crippen LogP contribution is -1.78. The number of allylic oxidation sites excluding steroid dienone is 2. The summed E-state index contributed by atoms with van der Waals surface area (Å²) in [4.78, 5) is 0. The average Bonchev–Trinajstić information content (AvgIpc) is 2.02. The Morgan fingerprint density at radius 2 is 1.50 bits per heavy atom. The lowest BCUT2D eigenvalue weighted by Gasteiger charge is -1.97. The predicted molar refractivity (Wildman–Crippen MR) is 57.4 cm³/mol. The summed E-state index contributed by atoms with van der Waals surface area (Å²) in [5, 5.41) is 0. The molecule has 0 radical (unpaired) electrons. The molecule has 12 heavy (non-hydrogen) atoms. The molecule has 0 heteroatoms. The first-order valence-corrected chi connectivity index (χ1v) is 5.40. The van der Waals surface area contributed by atoms with E-state index in [9.17, 15) is 0 Å². The second kappa shape index (κ2) is 8.83. The highest BCUT2D eigenvalue weighted by Crippen LogP contribution is 2.07. The zero-order valence-corrected chi connectivity index (χ0v) is 9.03. The Balaban J connectivity index is 2.96. The third kappa shape index (κ3) is 9.74. The Kier molecular flexibility index (Phi) is 8.64. The van der Waals surface area contributed by atoms with Crippen LogP contribution in [0.2, 0.25) is 0 Å². The molecule has 0 aliphatic carbocycles. The summed E-state index contributed by atoms with van der Waals surface area (Å²) in [5.74, 6) is 0. The minimum absolute atomic E-state index is 1.29. The zero-order valence-electron chi connectivity index (χ0n) is 9.03. The van der Waals surface area contributed by atoms with Gasteiger partial charge < -0.3 is 0 Å². The smallest absolute Gasteiger partial charge is 0.0348 e. The number of hydrogen-bond acceptors (Lipinski definition) is 0. The summed E-state index contributed by atoms with van der Waals surface area (Å²) >= 11 is 0. The van der Waals surface area contributed by atoms with Gasteiger partial charge in [-0.3, -0.25) is 0 Å². The zero-order chi connectivity index (χ0) is 9.23. The van der Waals surface area contributed by atoms with Crippen molar-refractivity contribution in [1.29, 1.82) is 0 Å². The van der Waals surface area contributed by atoms with Crippen LogP contribution in [0.3, 0.4) is 0 Å². The minimum Gasteiger partial charge on any atom is -0.0859 e. The van der Waals surface area contributed by atoms with Gasteiger partial charge in [-0.2, -0.15) is 0 Å². The van der Waals surface area contributed by atoms with E-state index >= 15 is 0 Å². The predicted octanol–water partition coefficient (Wildman–Crippen LogP) is 4.70. The maximum atomic E-state index is 2.35. The monoisotopic (exact) mass is 168 g/mol. The van der Waals surface area contributed by atoms with Crippen molar-refractivity contribution in [2.24, 2.45) is 0 Å². The number of hydrogen-bond donors (Lipinski definition) is 0. The van der Waals surface area contributed by atoms with Gasteiger partial charge in [-0.15, -0.1) is 0 Å². The van der Waals surface area contributed by atoms with Crippen LogP contribution in [0.25, 0.3) is 0 Å². The van der Waals surface area contributed by atoms with Crippen LogP contribution in [0.5, 0.6) is 0 Å². The maximum Gasteiger partial charge on any atom is -0.0348 e. The molecule has 0 bridgehead atoms.